The molecule has 0 aliphatic carbocycles. The van der Waals surface area contributed by atoms with Gasteiger partial charge in [0.15, 0.2) is 0 Å². The lowest BCUT2D eigenvalue weighted by molar-refractivity contribution is 0.349. The van der Waals surface area contributed by atoms with E-state index in [0.717, 1.165) is 24.5 Å². The second-order valence-corrected chi connectivity index (χ2v) is 5.09. The van der Waals surface area contributed by atoms with Gasteiger partial charge in [-0.05, 0) is 49.0 Å². The van der Waals surface area contributed by atoms with Crippen molar-refractivity contribution in [2.75, 3.05) is 13.1 Å². The van der Waals surface area contributed by atoms with Gasteiger partial charge in [0.25, 0.3) is 0 Å². The van der Waals surface area contributed by atoms with E-state index in [-0.39, 0.29) is 12.4 Å². The molecule has 4 heteroatoms. The third-order valence-corrected chi connectivity index (χ3v) is 3.71. The van der Waals surface area contributed by atoms with Crippen molar-refractivity contribution in [3.05, 3.63) is 33.8 Å². The van der Waals surface area contributed by atoms with Crippen LogP contribution in [0.15, 0.2) is 18.2 Å². The van der Waals surface area contributed by atoms with Crippen LogP contribution in [0.4, 0.5) is 0 Å². The van der Waals surface area contributed by atoms with Gasteiger partial charge in [0.1, 0.15) is 0 Å². The maximum Gasteiger partial charge on any atom is 0.0455 e. The van der Waals surface area contributed by atoms with E-state index in [1.807, 2.05) is 12.1 Å². The molecule has 2 rings (SSSR count). The summed E-state index contributed by atoms with van der Waals surface area (Å²) in [6.07, 6.45) is 1.16. The number of nitrogens with one attached hydrogen (secondary N) is 1. The van der Waals surface area contributed by atoms with Gasteiger partial charge in [-0.3, -0.25) is 0 Å². The summed E-state index contributed by atoms with van der Waals surface area (Å²) in [7, 11) is 0. The van der Waals surface area contributed by atoms with Crippen molar-refractivity contribution in [2.24, 2.45) is 5.92 Å². The Bertz CT molecular complexity index is 354. The topological polar surface area (TPSA) is 12.0 Å². The Kier molecular flexibility index (Phi) is 5.39. The number of piperidine rings is 1. The van der Waals surface area contributed by atoms with Gasteiger partial charge in [-0.25, -0.2) is 0 Å². The Labute approximate surface area is 113 Å². The third-order valence-electron chi connectivity index (χ3n) is 3.15. The Morgan fingerprint density at radius 2 is 2.06 bits per heavy atom. The number of halogens is 3. The average Bonchev–Trinajstić information content (AvgIpc) is 2.20. The minimum absolute atomic E-state index is 0. The fraction of sp³-hybridized carbons (Fsp3) is 0.500. The summed E-state index contributed by atoms with van der Waals surface area (Å²) in [4.78, 5) is 0. The second-order valence-electron chi connectivity index (χ2n) is 4.24. The highest BCUT2D eigenvalue weighted by molar-refractivity contribution is 6.35. The molecule has 1 saturated heterocycles. The van der Waals surface area contributed by atoms with E-state index in [9.17, 15) is 0 Å². The zero-order chi connectivity index (χ0) is 10.8. The first-order chi connectivity index (χ1) is 7.18. The number of hydrogen-bond donors (Lipinski definition) is 1. The van der Waals surface area contributed by atoms with Crippen LogP contribution in [0.2, 0.25) is 10.0 Å². The second kappa shape index (κ2) is 6.11. The van der Waals surface area contributed by atoms with Crippen molar-refractivity contribution in [1.29, 1.82) is 0 Å². The van der Waals surface area contributed by atoms with Crippen LogP contribution in [-0.4, -0.2) is 13.1 Å². The molecule has 1 fully saturated rings. The van der Waals surface area contributed by atoms with Gasteiger partial charge < -0.3 is 5.32 Å². The van der Waals surface area contributed by atoms with E-state index in [1.165, 1.54) is 5.56 Å². The standard InChI is InChI=1S/C12H15Cl2N.ClH/c1-8-7-15-5-4-10(8)11-3-2-9(13)6-12(11)14;/h2-3,6,8,10,15H,4-5,7H2,1H3;1H/t8-,10+;/m0./s1. The summed E-state index contributed by atoms with van der Waals surface area (Å²) in [5.74, 6) is 1.20. The molecule has 1 N–H and O–H groups in total. The van der Waals surface area contributed by atoms with Gasteiger partial charge in [-0.15, -0.1) is 12.4 Å². The summed E-state index contributed by atoms with van der Waals surface area (Å²) < 4.78 is 0. The molecule has 1 aromatic carbocycles. The first kappa shape index (κ1) is 14.1. The predicted molar refractivity (Wildman–Crippen MR) is 73.1 cm³/mol. The van der Waals surface area contributed by atoms with Crippen molar-refractivity contribution in [1.82, 2.24) is 5.32 Å². The molecule has 1 aliphatic heterocycles. The molecule has 1 aromatic rings. The van der Waals surface area contributed by atoms with Gasteiger partial charge in [0.05, 0.1) is 0 Å². The molecule has 1 nitrogen and oxygen atoms in total. The van der Waals surface area contributed by atoms with Crippen LogP contribution in [0.3, 0.4) is 0 Å². The lowest BCUT2D eigenvalue weighted by atomic mass is 9.82. The summed E-state index contributed by atoms with van der Waals surface area (Å²) >= 11 is 12.1. The van der Waals surface area contributed by atoms with Crippen LogP contribution in [0.1, 0.15) is 24.8 Å². The molecule has 1 heterocycles. The zero-order valence-electron chi connectivity index (χ0n) is 9.17. The molecule has 0 spiro atoms. The fourth-order valence-corrected chi connectivity index (χ4v) is 2.83. The van der Waals surface area contributed by atoms with Gasteiger partial charge in [-0.2, -0.15) is 0 Å². The van der Waals surface area contributed by atoms with Crippen molar-refractivity contribution < 1.29 is 0 Å². The Balaban J connectivity index is 0.00000128. The quantitative estimate of drug-likeness (QED) is 0.816. The highest BCUT2D eigenvalue weighted by atomic mass is 35.5. The molecule has 0 aromatic heterocycles. The van der Waals surface area contributed by atoms with Crippen LogP contribution < -0.4 is 5.32 Å². The summed E-state index contributed by atoms with van der Waals surface area (Å²) in [6, 6.07) is 5.84. The molecule has 90 valence electrons. The first-order valence-electron chi connectivity index (χ1n) is 5.34. The van der Waals surface area contributed by atoms with Crippen molar-refractivity contribution in [2.45, 2.75) is 19.3 Å². The summed E-state index contributed by atoms with van der Waals surface area (Å²) in [5, 5.41) is 4.92. The number of rotatable bonds is 1. The average molecular weight is 281 g/mol. The molecule has 2 atom stereocenters. The highest BCUT2D eigenvalue weighted by Gasteiger charge is 2.24. The highest BCUT2D eigenvalue weighted by Crippen LogP contribution is 2.35. The van der Waals surface area contributed by atoms with E-state index < -0.39 is 0 Å². The first-order valence-corrected chi connectivity index (χ1v) is 6.09. The van der Waals surface area contributed by atoms with Gasteiger partial charge in [-0.1, -0.05) is 36.2 Å². The summed E-state index contributed by atoms with van der Waals surface area (Å²) in [5.41, 5.74) is 1.25. The van der Waals surface area contributed by atoms with E-state index in [1.54, 1.807) is 0 Å². The fourth-order valence-electron chi connectivity index (χ4n) is 2.28. The summed E-state index contributed by atoms with van der Waals surface area (Å²) in [6.45, 7) is 4.42. The van der Waals surface area contributed by atoms with Crippen LogP contribution >= 0.6 is 35.6 Å². The molecular formula is C12H16Cl3N. The van der Waals surface area contributed by atoms with Crippen LogP contribution in [0.25, 0.3) is 0 Å². The van der Waals surface area contributed by atoms with Gasteiger partial charge in [0, 0.05) is 10.0 Å². The van der Waals surface area contributed by atoms with Gasteiger partial charge >= 0.3 is 0 Å². The van der Waals surface area contributed by atoms with Crippen molar-refractivity contribution >= 4 is 35.6 Å². The lowest BCUT2D eigenvalue weighted by Crippen LogP contribution is -2.33. The van der Waals surface area contributed by atoms with Crippen LogP contribution in [-0.2, 0) is 0 Å². The molecule has 0 bridgehead atoms. The molecule has 0 saturated carbocycles. The molecule has 0 unspecified atom stereocenters. The Hall–Kier alpha value is 0.0500. The zero-order valence-corrected chi connectivity index (χ0v) is 11.5. The smallest absolute Gasteiger partial charge is 0.0455 e. The predicted octanol–water partition coefficient (Wildman–Crippen LogP) is 4.13. The lowest BCUT2D eigenvalue weighted by Gasteiger charge is -2.30. The monoisotopic (exact) mass is 279 g/mol. The number of benzene rings is 1. The molecule has 1 aliphatic rings. The van der Waals surface area contributed by atoms with Crippen LogP contribution in [0.5, 0.6) is 0 Å². The van der Waals surface area contributed by atoms with E-state index in [0.29, 0.717) is 16.9 Å². The maximum absolute atomic E-state index is 6.22. The van der Waals surface area contributed by atoms with Gasteiger partial charge in [0.2, 0.25) is 0 Å². The van der Waals surface area contributed by atoms with Crippen molar-refractivity contribution in [3.8, 4) is 0 Å². The Morgan fingerprint density at radius 1 is 1.31 bits per heavy atom. The maximum atomic E-state index is 6.22. The minimum Gasteiger partial charge on any atom is -0.316 e. The normalized spacial score (nSPS) is 24.9. The van der Waals surface area contributed by atoms with E-state index in [4.69, 9.17) is 23.2 Å². The van der Waals surface area contributed by atoms with Crippen LogP contribution in [0, 0.1) is 5.92 Å². The Morgan fingerprint density at radius 3 is 2.69 bits per heavy atom. The minimum atomic E-state index is 0. The van der Waals surface area contributed by atoms with Crippen molar-refractivity contribution in [3.63, 3.8) is 0 Å². The van der Waals surface area contributed by atoms with E-state index in [2.05, 4.69) is 18.3 Å². The SMILES string of the molecule is C[C@H]1CNCC[C@H]1c1ccc(Cl)cc1Cl.Cl. The third kappa shape index (κ3) is 3.04. The number of hydrogen-bond acceptors (Lipinski definition) is 1. The van der Waals surface area contributed by atoms with E-state index >= 15 is 0 Å². The molecule has 0 radical (unpaired) electrons. The molecule has 16 heavy (non-hydrogen) atoms. The largest absolute Gasteiger partial charge is 0.316 e. The molecule has 0 amide bonds. The molecular weight excluding hydrogens is 264 g/mol.